The molecule has 0 spiro atoms. The van der Waals surface area contributed by atoms with Gasteiger partial charge in [0.05, 0.1) is 31.9 Å². The highest BCUT2D eigenvalue weighted by Crippen LogP contribution is 2.45. The highest BCUT2D eigenvalue weighted by Gasteiger charge is 2.58. The van der Waals surface area contributed by atoms with Gasteiger partial charge in [0.25, 0.3) is 0 Å². The number of benzene rings is 2. The van der Waals surface area contributed by atoms with E-state index in [0.717, 1.165) is 23.3 Å². The van der Waals surface area contributed by atoms with Gasteiger partial charge in [0, 0.05) is 18.5 Å². The number of carbonyl (C=O) groups excluding carboxylic acids is 1. The molecule has 1 N–H and O–H groups in total. The fourth-order valence-corrected chi connectivity index (χ4v) is 7.27. The molecule has 0 unspecified atom stereocenters. The van der Waals surface area contributed by atoms with E-state index in [9.17, 15) is 32.3 Å². The zero-order valence-electron chi connectivity index (χ0n) is 23.4. The Kier molecular flexibility index (Phi) is 8.96. The van der Waals surface area contributed by atoms with Gasteiger partial charge < -0.3 is 19.5 Å². The summed E-state index contributed by atoms with van der Waals surface area (Å²) in [5.74, 6) is -1.99. The number of methoxy groups -OCH3 is 1. The number of nitrogens with zero attached hydrogens (tertiary/aromatic N) is 2. The largest absolute Gasteiger partial charge is 0.497 e. The van der Waals surface area contributed by atoms with Crippen LogP contribution in [0.3, 0.4) is 0 Å². The molecule has 0 radical (unpaired) electrons. The molecule has 2 aromatic carbocycles. The first-order valence-electron chi connectivity index (χ1n) is 14.5. The number of rotatable bonds is 8. The fourth-order valence-electron chi connectivity index (χ4n) is 7.27. The zero-order valence-corrected chi connectivity index (χ0v) is 23.4. The lowest BCUT2D eigenvalue weighted by atomic mass is 9.82. The van der Waals surface area contributed by atoms with Crippen molar-refractivity contribution in [2.45, 2.75) is 87.8 Å². The Balaban J connectivity index is 1.37. The van der Waals surface area contributed by atoms with E-state index in [1.165, 1.54) is 24.1 Å². The minimum Gasteiger partial charge on any atom is -0.497 e. The summed E-state index contributed by atoms with van der Waals surface area (Å²) >= 11 is 0. The quantitative estimate of drug-likeness (QED) is 0.361. The molecule has 0 bridgehead atoms. The smallest absolute Gasteiger partial charge is 0.471 e. The first kappa shape index (κ1) is 30.1. The maximum absolute atomic E-state index is 14.0. The lowest BCUT2D eigenvalue weighted by molar-refractivity contribution is -0.190. The number of carbonyl (C=O) groups is 2. The lowest BCUT2D eigenvalue weighted by Crippen LogP contribution is -2.55. The van der Waals surface area contributed by atoms with Gasteiger partial charge in [0.2, 0.25) is 0 Å². The van der Waals surface area contributed by atoms with E-state index in [1.807, 2.05) is 6.07 Å². The second-order valence-corrected chi connectivity index (χ2v) is 11.6. The first-order valence-corrected chi connectivity index (χ1v) is 14.5. The summed E-state index contributed by atoms with van der Waals surface area (Å²) < 4.78 is 67.0. The van der Waals surface area contributed by atoms with Crippen molar-refractivity contribution in [3.05, 3.63) is 65.5 Å². The molecule has 2 aromatic rings. The summed E-state index contributed by atoms with van der Waals surface area (Å²) in [7, 11) is 1.48. The minimum absolute atomic E-state index is 0.108. The summed E-state index contributed by atoms with van der Waals surface area (Å²) in [5, 5.41) is 10.2. The highest BCUT2D eigenvalue weighted by atomic mass is 19.4. The van der Waals surface area contributed by atoms with E-state index in [1.54, 1.807) is 30.3 Å². The van der Waals surface area contributed by atoms with Gasteiger partial charge in [-0.05, 0) is 79.8 Å². The molecular weight excluding hydrogens is 556 g/mol. The van der Waals surface area contributed by atoms with Gasteiger partial charge in [-0.3, -0.25) is 9.69 Å². The van der Waals surface area contributed by atoms with Crippen LogP contribution >= 0.6 is 0 Å². The van der Waals surface area contributed by atoms with Crippen molar-refractivity contribution in [3.63, 3.8) is 0 Å². The molecule has 42 heavy (non-hydrogen) atoms. The standard InChI is InChI=1S/C31H36F4N2O5/c1-41-23-12-8-19(9-13-23)17-36(29(38)31(33,34)35)28-25-6-3-7-26(25)37(30(39)40)27(28)18-42-24-14-10-20(11-15-24)21-4-2-5-22(32)16-21/h2,4-5,8-9,12-13,16,20,24-28H,3,6-7,10-11,14-15,17-18H2,1H3,(H,39,40)/t20?,24?,25-,26+,27-,28-/m0/s1. The molecule has 2 saturated carbocycles. The highest BCUT2D eigenvalue weighted by molar-refractivity contribution is 5.82. The van der Waals surface area contributed by atoms with Crippen LogP contribution in [-0.4, -0.2) is 71.0 Å². The van der Waals surface area contributed by atoms with Crippen molar-refractivity contribution >= 4 is 12.0 Å². The molecule has 1 aliphatic heterocycles. The van der Waals surface area contributed by atoms with E-state index in [-0.39, 0.29) is 31.0 Å². The third-order valence-electron chi connectivity index (χ3n) is 9.17. The number of hydrogen-bond acceptors (Lipinski definition) is 4. The average Bonchev–Trinajstić information content (AvgIpc) is 3.55. The summed E-state index contributed by atoms with van der Waals surface area (Å²) in [6.07, 6.45) is -2.00. The molecule has 7 nitrogen and oxygen atoms in total. The van der Waals surface area contributed by atoms with Crippen LogP contribution in [0, 0.1) is 11.7 Å². The molecule has 228 valence electrons. The number of carboxylic acid groups (broad SMARTS) is 1. The van der Waals surface area contributed by atoms with Gasteiger partial charge in [-0.2, -0.15) is 13.2 Å². The Morgan fingerprint density at radius 1 is 1.02 bits per heavy atom. The third-order valence-corrected chi connectivity index (χ3v) is 9.17. The fraction of sp³-hybridized carbons (Fsp3) is 0.548. The van der Waals surface area contributed by atoms with Crippen LogP contribution < -0.4 is 4.74 Å². The van der Waals surface area contributed by atoms with Crippen molar-refractivity contribution in [2.24, 2.45) is 5.92 Å². The van der Waals surface area contributed by atoms with Gasteiger partial charge in [-0.15, -0.1) is 0 Å². The van der Waals surface area contributed by atoms with Crippen molar-refractivity contribution in [3.8, 4) is 5.75 Å². The molecule has 3 aliphatic rings. The average molecular weight is 593 g/mol. The van der Waals surface area contributed by atoms with E-state index in [2.05, 4.69) is 0 Å². The van der Waals surface area contributed by atoms with Crippen LogP contribution in [0.4, 0.5) is 22.4 Å². The van der Waals surface area contributed by atoms with E-state index < -0.39 is 42.2 Å². The Labute approximate surface area is 242 Å². The second-order valence-electron chi connectivity index (χ2n) is 11.6. The summed E-state index contributed by atoms with van der Waals surface area (Å²) in [4.78, 5) is 27.5. The number of amides is 2. The predicted octanol–water partition coefficient (Wildman–Crippen LogP) is 6.37. The predicted molar refractivity (Wildman–Crippen MR) is 146 cm³/mol. The number of alkyl halides is 3. The number of halogens is 4. The zero-order chi connectivity index (χ0) is 30.0. The molecule has 0 aromatic heterocycles. The minimum atomic E-state index is -5.13. The lowest BCUT2D eigenvalue weighted by Gasteiger charge is -2.38. The molecule has 3 fully saturated rings. The van der Waals surface area contributed by atoms with E-state index in [4.69, 9.17) is 9.47 Å². The van der Waals surface area contributed by atoms with Crippen LogP contribution in [0.25, 0.3) is 0 Å². The van der Waals surface area contributed by atoms with Crippen molar-refractivity contribution < 1.29 is 41.7 Å². The Morgan fingerprint density at radius 3 is 2.36 bits per heavy atom. The van der Waals surface area contributed by atoms with Gasteiger partial charge in [0.1, 0.15) is 11.6 Å². The van der Waals surface area contributed by atoms with E-state index in [0.29, 0.717) is 43.4 Å². The maximum atomic E-state index is 14.0. The van der Waals surface area contributed by atoms with Crippen LogP contribution in [-0.2, 0) is 16.1 Å². The maximum Gasteiger partial charge on any atom is 0.471 e. The van der Waals surface area contributed by atoms with Crippen LogP contribution in [0.5, 0.6) is 5.75 Å². The van der Waals surface area contributed by atoms with Crippen LogP contribution in [0.1, 0.15) is 62.0 Å². The molecule has 1 heterocycles. The normalized spacial score (nSPS) is 27.5. The molecule has 2 amide bonds. The van der Waals surface area contributed by atoms with Crippen LogP contribution in [0.2, 0.25) is 0 Å². The number of ether oxygens (including phenoxy) is 2. The topological polar surface area (TPSA) is 79.3 Å². The second kappa shape index (κ2) is 12.5. The monoisotopic (exact) mass is 592 g/mol. The number of fused-ring (bicyclic) bond motifs is 1. The van der Waals surface area contributed by atoms with Gasteiger partial charge in [0.15, 0.2) is 0 Å². The third kappa shape index (κ3) is 6.35. The first-order chi connectivity index (χ1) is 20.1. The van der Waals surface area contributed by atoms with Gasteiger partial charge in [-0.25, -0.2) is 9.18 Å². The molecule has 5 rings (SSSR count). The SMILES string of the molecule is COc1ccc(CN(C(=O)C(F)(F)F)[C@H]2[C@H]3CCC[C@H]3N(C(=O)O)[C@H]2COC2CCC(c3cccc(F)c3)CC2)cc1. The number of hydrogen-bond donors (Lipinski definition) is 1. The summed E-state index contributed by atoms with van der Waals surface area (Å²) in [5.41, 5.74) is 1.40. The van der Waals surface area contributed by atoms with Gasteiger partial charge in [-0.1, -0.05) is 30.7 Å². The Morgan fingerprint density at radius 2 is 1.74 bits per heavy atom. The van der Waals surface area contributed by atoms with Gasteiger partial charge >= 0.3 is 18.2 Å². The molecular formula is C31H36F4N2O5. The molecule has 1 saturated heterocycles. The molecule has 4 atom stereocenters. The van der Waals surface area contributed by atoms with Crippen LogP contribution in [0.15, 0.2) is 48.5 Å². The Hall–Kier alpha value is -3.34. The van der Waals surface area contributed by atoms with Crippen molar-refractivity contribution in [1.82, 2.24) is 9.80 Å². The summed E-state index contributed by atoms with van der Waals surface area (Å²) in [6, 6.07) is 10.5. The molecule has 2 aliphatic carbocycles. The summed E-state index contributed by atoms with van der Waals surface area (Å²) in [6.45, 7) is -0.428. The van der Waals surface area contributed by atoms with E-state index >= 15 is 0 Å². The number of likely N-dealkylation sites (tertiary alicyclic amines) is 1. The molecule has 11 heteroatoms. The van der Waals surface area contributed by atoms with Crippen molar-refractivity contribution in [1.29, 1.82) is 0 Å². The van der Waals surface area contributed by atoms with Crippen molar-refractivity contribution in [2.75, 3.05) is 13.7 Å². The Bertz CT molecular complexity index is 1250.